The Balaban J connectivity index is 2.96. The van der Waals surface area contributed by atoms with Gasteiger partial charge in [-0.1, -0.05) is 173 Å². The molecule has 0 saturated heterocycles. The van der Waals surface area contributed by atoms with E-state index >= 15 is 0 Å². The molecule has 1 aromatic rings. The molecule has 0 radical (unpaired) electrons. The van der Waals surface area contributed by atoms with Crippen molar-refractivity contribution in [2.24, 2.45) is 0 Å². The van der Waals surface area contributed by atoms with Crippen LogP contribution < -0.4 is 5.19 Å². The van der Waals surface area contributed by atoms with Gasteiger partial charge in [0.25, 0.3) is 0 Å². The second kappa shape index (κ2) is 27.2. The van der Waals surface area contributed by atoms with Crippen molar-refractivity contribution in [1.29, 1.82) is 0 Å². The Morgan fingerprint density at radius 2 is 0.950 bits per heavy atom. The molecule has 1 aromatic carbocycles. The zero-order valence-electron chi connectivity index (χ0n) is 27.7. The summed E-state index contributed by atoms with van der Waals surface area (Å²) < 4.78 is 12.9. The average Bonchev–Trinajstić information content (AvgIpc) is 2.98. The van der Waals surface area contributed by atoms with E-state index in [1.54, 1.807) is 10.8 Å². The predicted octanol–water partition coefficient (Wildman–Crippen LogP) is 11.7. The molecule has 0 aromatic heterocycles. The summed E-state index contributed by atoms with van der Waals surface area (Å²) in [6.07, 6.45) is 30.1. The summed E-state index contributed by atoms with van der Waals surface area (Å²) in [7, 11) is -2.08. The van der Waals surface area contributed by atoms with Gasteiger partial charge < -0.3 is 9.16 Å². The Labute approximate surface area is 252 Å². The topological polar surface area (TPSA) is 18.5 Å². The summed E-state index contributed by atoms with van der Waals surface area (Å²) in [5, 5.41) is 1.63. The lowest BCUT2D eigenvalue weighted by Crippen LogP contribution is -2.52. The third-order valence-corrected chi connectivity index (χ3v) is 13.3. The van der Waals surface area contributed by atoms with Gasteiger partial charge >= 0.3 is 0 Å². The molecule has 0 atom stereocenters. The lowest BCUT2D eigenvalue weighted by molar-refractivity contribution is 0.107. The maximum atomic E-state index is 7.13. The van der Waals surface area contributed by atoms with Crippen LogP contribution in [0, 0.1) is 0 Å². The van der Waals surface area contributed by atoms with Crippen LogP contribution in [-0.4, -0.2) is 28.1 Å². The number of benzene rings is 1. The fourth-order valence-corrected chi connectivity index (χ4v) is 10.8. The van der Waals surface area contributed by atoms with Crippen molar-refractivity contribution in [3.63, 3.8) is 0 Å². The molecule has 0 aliphatic carbocycles. The molecule has 0 saturated carbocycles. The number of ether oxygens (including phenoxy) is 1. The minimum Gasteiger partial charge on any atom is -0.410 e. The second-order valence-electron chi connectivity index (χ2n) is 12.3. The third kappa shape index (κ3) is 18.0. The maximum Gasteiger partial charge on any atom is 0.224 e. The van der Waals surface area contributed by atoms with Crippen LogP contribution in [0.5, 0.6) is 0 Å². The van der Waals surface area contributed by atoms with Crippen molar-refractivity contribution in [2.45, 2.75) is 181 Å². The average molecular weight is 575 g/mol. The number of hydrogen-bond acceptors (Lipinski definition) is 2. The van der Waals surface area contributed by atoms with Gasteiger partial charge in [-0.25, -0.2) is 0 Å². The molecule has 0 amide bonds. The molecular formula is C37H70O2Si. The van der Waals surface area contributed by atoms with E-state index in [1.807, 2.05) is 0 Å². The quantitative estimate of drug-likeness (QED) is 0.0672. The third-order valence-electron chi connectivity index (χ3n) is 8.74. The molecule has 0 aliphatic heterocycles. The van der Waals surface area contributed by atoms with Crippen molar-refractivity contribution in [3.8, 4) is 0 Å². The van der Waals surface area contributed by atoms with Crippen molar-refractivity contribution in [2.75, 3.05) is 19.8 Å². The lowest BCUT2D eigenvalue weighted by atomic mass is 10.0. The Kier molecular flexibility index (Phi) is 25.4. The monoisotopic (exact) mass is 575 g/mol. The number of unbranched alkanes of at least 4 members (excludes halogenated alkanes) is 18. The van der Waals surface area contributed by atoms with Crippen LogP contribution in [0.4, 0.5) is 0 Å². The normalized spacial score (nSPS) is 11.9. The number of rotatable bonds is 30. The SMILES string of the molecule is CCCCCCCCCc1ccccc1[Si](CCCCCCCCC)(CCCCCCCCC)OCCOCC. The van der Waals surface area contributed by atoms with Gasteiger partial charge in [-0.3, -0.25) is 0 Å². The van der Waals surface area contributed by atoms with Crippen molar-refractivity contribution in [1.82, 2.24) is 0 Å². The molecule has 1 rings (SSSR count). The van der Waals surface area contributed by atoms with E-state index in [2.05, 4.69) is 52.0 Å². The highest BCUT2D eigenvalue weighted by molar-refractivity contribution is 6.87. The molecule has 0 spiro atoms. The first-order chi connectivity index (χ1) is 19.7. The minimum atomic E-state index is -2.08. The number of aryl methyl sites for hydroxylation is 1. The minimum absolute atomic E-state index is 0.735. The first-order valence-electron chi connectivity index (χ1n) is 18.0. The highest BCUT2D eigenvalue weighted by Crippen LogP contribution is 2.27. The molecule has 234 valence electrons. The summed E-state index contributed by atoms with van der Waals surface area (Å²) in [4.78, 5) is 0. The molecule has 3 heteroatoms. The van der Waals surface area contributed by atoms with E-state index in [-0.39, 0.29) is 0 Å². The molecule has 0 N–H and O–H groups in total. The Morgan fingerprint density at radius 3 is 1.45 bits per heavy atom. The van der Waals surface area contributed by atoms with Gasteiger partial charge in [0.1, 0.15) is 0 Å². The largest absolute Gasteiger partial charge is 0.410 e. The second-order valence-corrected chi connectivity index (χ2v) is 16.1. The zero-order chi connectivity index (χ0) is 29.0. The molecular weight excluding hydrogens is 504 g/mol. The van der Waals surface area contributed by atoms with Crippen LogP contribution in [0.1, 0.15) is 168 Å². The summed E-state index contributed by atoms with van der Waals surface area (Å²) in [5.74, 6) is 0. The summed E-state index contributed by atoms with van der Waals surface area (Å²) in [6.45, 7) is 11.3. The van der Waals surface area contributed by atoms with Gasteiger partial charge in [-0.2, -0.15) is 0 Å². The van der Waals surface area contributed by atoms with Gasteiger partial charge in [0.05, 0.1) is 13.2 Å². The van der Waals surface area contributed by atoms with Gasteiger partial charge in [0, 0.05) is 6.61 Å². The van der Waals surface area contributed by atoms with Crippen LogP contribution in [0.15, 0.2) is 24.3 Å². The number of hydrogen-bond donors (Lipinski definition) is 0. The Morgan fingerprint density at radius 1 is 0.500 bits per heavy atom. The standard InChI is InChI=1S/C37H70O2Si/c1-5-9-12-15-18-21-24-29-36-30-25-26-31-37(36)40(39-33-32-38-8-4,34-27-22-19-16-13-10-6-2)35-28-23-20-17-14-11-7-3/h25-26,30-31H,5-24,27-29,32-35H2,1-4H3. The van der Waals surface area contributed by atoms with Gasteiger partial charge in [0.15, 0.2) is 0 Å². The van der Waals surface area contributed by atoms with E-state index in [9.17, 15) is 0 Å². The molecule has 0 bridgehead atoms. The molecule has 0 fully saturated rings. The van der Waals surface area contributed by atoms with Gasteiger partial charge in [-0.05, 0) is 42.6 Å². The van der Waals surface area contributed by atoms with E-state index in [1.165, 1.54) is 153 Å². The fourth-order valence-electron chi connectivity index (χ4n) is 6.25. The highest BCUT2D eigenvalue weighted by Gasteiger charge is 2.37. The lowest BCUT2D eigenvalue weighted by Gasteiger charge is -2.34. The van der Waals surface area contributed by atoms with E-state index < -0.39 is 8.32 Å². The maximum absolute atomic E-state index is 7.13. The fraction of sp³-hybridized carbons (Fsp3) is 0.838. The van der Waals surface area contributed by atoms with Crippen molar-refractivity contribution >= 4 is 13.5 Å². The molecule has 0 unspecified atom stereocenters. The van der Waals surface area contributed by atoms with Gasteiger partial charge in [-0.15, -0.1) is 0 Å². The van der Waals surface area contributed by atoms with Crippen LogP contribution in [0.3, 0.4) is 0 Å². The van der Waals surface area contributed by atoms with E-state index in [4.69, 9.17) is 9.16 Å². The summed E-state index contributed by atoms with van der Waals surface area (Å²) >= 11 is 0. The Bertz CT molecular complexity index is 643. The first-order valence-corrected chi connectivity index (χ1v) is 20.4. The molecule has 0 heterocycles. The predicted molar refractivity (Wildman–Crippen MR) is 182 cm³/mol. The molecule has 0 aliphatic rings. The van der Waals surface area contributed by atoms with E-state index in [0.717, 1.165) is 19.8 Å². The smallest absolute Gasteiger partial charge is 0.224 e. The summed E-state index contributed by atoms with van der Waals surface area (Å²) in [5.41, 5.74) is 1.60. The van der Waals surface area contributed by atoms with Crippen molar-refractivity contribution in [3.05, 3.63) is 29.8 Å². The highest BCUT2D eigenvalue weighted by atomic mass is 28.4. The van der Waals surface area contributed by atoms with Crippen LogP contribution >= 0.6 is 0 Å². The Hall–Kier alpha value is -0.643. The van der Waals surface area contributed by atoms with Crippen LogP contribution in [0.2, 0.25) is 12.1 Å². The van der Waals surface area contributed by atoms with E-state index in [0.29, 0.717) is 0 Å². The molecule has 40 heavy (non-hydrogen) atoms. The zero-order valence-corrected chi connectivity index (χ0v) is 28.7. The van der Waals surface area contributed by atoms with Gasteiger partial charge in [0.2, 0.25) is 8.32 Å². The summed E-state index contributed by atoms with van der Waals surface area (Å²) in [6, 6.07) is 12.1. The van der Waals surface area contributed by atoms with Crippen LogP contribution in [-0.2, 0) is 15.6 Å². The van der Waals surface area contributed by atoms with Crippen molar-refractivity contribution < 1.29 is 9.16 Å². The molecule has 2 nitrogen and oxygen atoms in total. The first kappa shape index (κ1) is 37.4. The van der Waals surface area contributed by atoms with Crippen LogP contribution in [0.25, 0.3) is 0 Å².